The second-order valence-corrected chi connectivity index (χ2v) is 9.03. The SMILES string of the molecule is CCN(CC)CCOc1ccc([C@@H]2OC[C@@H](c3cccc(Cl)c3)C[C@H]2C(C)C)cc1. The van der Waals surface area contributed by atoms with E-state index in [1.54, 1.807) is 0 Å². The van der Waals surface area contributed by atoms with Gasteiger partial charge in [0.2, 0.25) is 0 Å². The normalized spacial score (nSPS) is 21.9. The summed E-state index contributed by atoms with van der Waals surface area (Å²) in [4.78, 5) is 2.37. The number of benzene rings is 2. The summed E-state index contributed by atoms with van der Waals surface area (Å²) in [5, 5.41) is 0.798. The van der Waals surface area contributed by atoms with Crippen LogP contribution in [0.3, 0.4) is 0 Å². The van der Waals surface area contributed by atoms with Crippen molar-refractivity contribution in [3.8, 4) is 5.75 Å². The molecule has 0 radical (unpaired) electrons. The summed E-state index contributed by atoms with van der Waals surface area (Å²) in [6, 6.07) is 16.7. The Bertz CT molecular complexity index is 773. The van der Waals surface area contributed by atoms with E-state index >= 15 is 0 Å². The van der Waals surface area contributed by atoms with E-state index in [1.807, 2.05) is 12.1 Å². The van der Waals surface area contributed by atoms with Gasteiger partial charge < -0.3 is 14.4 Å². The predicted octanol–water partition coefficient (Wildman–Crippen LogP) is 6.58. The van der Waals surface area contributed by atoms with E-state index in [4.69, 9.17) is 21.1 Å². The standard InChI is InChI=1S/C26H36ClNO2/c1-5-28(6-2)14-15-29-24-12-10-20(11-13-24)26-25(19(3)4)17-22(18-30-26)21-8-7-9-23(27)16-21/h7-13,16,19,22,25-26H,5-6,14-15,17-18H2,1-4H3/t22-,25-,26-/m0/s1. The van der Waals surface area contributed by atoms with E-state index in [0.717, 1.165) is 50.0 Å². The van der Waals surface area contributed by atoms with Crippen molar-refractivity contribution in [1.29, 1.82) is 0 Å². The highest BCUT2D eigenvalue weighted by molar-refractivity contribution is 6.30. The van der Waals surface area contributed by atoms with Crippen LogP contribution in [0.25, 0.3) is 0 Å². The third-order valence-electron chi connectivity index (χ3n) is 6.38. The molecular formula is C26H36ClNO2. The molecule has 2 aromatic carbocycles. The minimum atomic E-state index is 0.130. The summed E-state index contributed by atoms with van der Waals surface area (Å²) in [6.45, 7) is 13.5. The molecule has 1 fully saturated rings. The molecule has 0 spiro atoms. The van der Waals surface area contributed by atoms with Crippen LogP contribution in [-0.2, 0) is 4.74 Å². The van der Waals surface area contributed by atoms with Crippen LogP contribution >= 0.6 is 11.6 Å². The fourth-order valence-corrected chi connectivity index (χ4v) is 4.61. The molecule has 3 atom stereocenters. The minimum Gasteiger partial charge on any atom is -0.492 e. The summed E-state index contributed by atoms with van der Waals surface area (Å²) < 4.78 is 12.4. The van der Waals surface area contributed by atoms with Crippen molar-refractivity contribution >= 4 is 11.6 Å². The maximum Gasteiger partial charge on any atom is 0.119 e. The number of hydrogen-bond acceptors (Lipinski definition) is 3. The van der Waals surface area contributed by atoms with Crippen LogP contribution in [0.15, 0.2) is 48.5 Å². The van der Waals surface area contributed by atoms with Crippen molar-refractivity contribution in [2.24, 2.45) is 11.8 Å². The molecule has 2 aromatic rings. The Kier molecular flexibility index (Phi) is 8.61. The lowest BCUT2D eigenvalue weighted by atomic mass is 9.76. The number of nitrogens with zero attached hydrogens (tertiary/aromatic N) is 1. The van der Waals surface area contributed by atoms with Crippen molar-refractivity contribution < 1.29 is 9.47 Å². The monoisotopic (exact) mass is 429 g/mol. The molecule has 0 bridgehead atoms. The number of likely N-dealkylation sites (N-methyl/N-ethyl adjacent to an activating group) is 1. The summed E-state index contributed by atoms with van der Waals surface area (Å²) in [7, 11) is 0. The Labute approximate surface area is 187 Å². The summed E-state index contributed by atoms with van der Waals surface area (Å²) in [5.74, 6) is 2.34. The first-order valence-corrected chi connectivity index (χ1v) is 11.7. The predicted molar refractivity (Wildman–Crippen MR) is 126 cm³/mol. The fraction of sp³-hybridized carbons (Fsp3) is 0.538. The minimum absolute atomic E-state index is 0.130. The fourth-order valence-electron chi connectivity index (χ4n) is 4.41. The molecular weight excluding hydrogens is 394 g/mol. The molecule has 0 saturated carbocycles. The van der Waals surface area contributed by atoms with E-state index < -0.39 is 0 Å². The second kappa shape index (κ2) is 11.2. The maximum absolute atomic E-state index is 6.44. The van der Waals surface area contributed by atoms with Gasteiger partial charge in [-0.05, 0) is 66.7 Å². The van der Waals surface area contributed by atoms with E-state index in [1.165, 1.54) is 11.1 Å². The molecule has 3 nitrogen and oxygen atoms in total. The molecule has 3 rings (SSSR count). The quantitative estimate of drug-likeness (QED) is 0.449. The lowest BCUT2D eigenvalue weighted by Crippen LogP contribution is -2.31. The van der Waals surface area contributed by atoms with E-state index in [-0.39, 0.29) is 6.10 Å². The maximum atomic E-state index is 6.44. The highest BCUT2D eigenvalue weighted by atomic mass is 35.5. The van der Waals surface area contributed by atoms with Gasteiger partial charge in [0, 0.05) is 17.5 Å². The molecule has 1 saturated heterocycles. The van der Waals surface area contributed by atoms with Crippen LogP contribution in [0.1, 0.15) is 57.3 Å². The van der Waals surface area contributed by atoms with Gasteiger partial charge in [-0.15, -0.1) is 0 Å². The molecule has 1 aliphatic heterocycles. The average Bonchev–Trinajstić information content (AvgIpc) is 2.77. The Morgan fingerprint density at radius 3 is 2.43 bits per heavy atom. The Hall–Kier alpha value is -1.55. The van der Waals surface area contributed by atoms with Gasteiger partial charge in [-0.1, -0.05) is 63.6 Å². The van der Waals surface area contributed by atoms with Crippen LogP contribution in [0.2, 0.25) is 5.02 Å². The summed E-state index contributed by atoms with van der Waals surface area (Å²) in [6.07, 6.45) is 1.25. The molecule has 0 aromatic heterocycles. The lowest BCUT2D eigenvalue weighted by molar-refractivity contribution is -0.0552. The second-order valence-electron chi connectivity index (χ2n) is 8.59. The first kappa shape index (κ1) is 23.1. The zero-order valence-corrected chi connectivity index (χ0v) is 19.6. The Balaban J connectivity index is 1.63. The van der Waals surface area contributed by atoms with Gasteiger partial charge in [0.05, 0.1) is 12.7 Å². The van der Waals surface area contributed by atoms with Gasteiger partial charge in [0.15, 0.2) is 0 Å². The molecule has 30 heavy (non-hydrogen) atoms. The third kappa shape index (κ3) is 6.00. The highest BCUT2D eigenvalue weighted by Crippen LogP contribution is 2.43. The van der Waals surface area contributed by atoms with Crippen LogP contribution in [0.5, 0.6) is 5.75 Å². The number of rotatable bonds is 9. The van der Waals surface area contributed by atoms with Gasteiger partial charge in [0.1, 0.15) is 12.4 Å². The molecule has 0 unspecified atom stereocenters. The van der Waals surface area contributed by atoms with E-state index in [0.29, 0.717) is 17.8 Å². The molecule has 0 N–H and O–H groups in total. The van der Waals surface area contributed by atoms with E-state index in [2.05, 4.69) is 69.0 Å². The zero-order valence-electron chi connectivity index (χ0n) is 18.8. The lowest BCUT2D eigenvalue weighted by Gasteiger charge is -2.39. The Morgan fingerprint density at radius 2 is 1.80 bits per heavy atom. The molecule has 1 aliphatic rings. The number of ether oxygens (including phenoxy) is 2. The van der Waals surface area contributed by atoms with Crippen LogP contribution in [0, 0.1) is 11.8 Å². The number of hydrogen-bond donors (Lipinski definition) is 0. The number of halogens is 1. The van der Waals surface area contributed by atoms with Gasteiger partial charge in [-0.2, -0.15) is 0 Å². The topological polar surface area (TPSA) is 21.7 Å². The van der Waals surface area contributed by atoms with Crippen molar-refractivity contribution in [3.05, 3.63) is 64.7 Å². The summed E-state index contributed by atoms with van der Waals surface area (Å²) >= 11 is 6.22. The highest BCUT2D eigenvalue weighted by Gasteiger charge is 2.35. The van der Waals surface area contributed by atoms with Crippen molar-refractivity contribution in [3.63, 3.8) is 0 Å². The van der Waals surface area contributed by atoms with E-state index in [9.17, 15) is 0 Å². The molecule has 0 aliphatic carbocycles. The molecule has 0 amide bonds. The Morgan fingerprint density at radius 1 is 1.07 bits per heavy atom. The van der Waals surface area contributed by atoms with Gasteiger partial charge in [-0.3, -0.25) is 0 Å². The first-order valence-electron chi connectivity index (χ1n) is 11.3. The van der Waals surface area contributed by atoms with Crippen molar-refractivity contribution in [2.45, 2.75) is 46.1 Å². The van der Waals surface area contributed by atoms with Gasteiger partial charge >= 0.3 is 0 Å². The molecule has 1 heterocycles. The van der Waals surface area contributed by atoms with Gasteiger partial charge in [-0.25, -0.2) is 0 Å². The molecule has 164 valence electrons. The summed E-state index contributed by atoms with van der Waals surface area (Å²) in [5.41, 5.74) is 2.53. The molecule has 4 heteroatoms. The zero-order chi connectivity index (χ0) is 21.5. The van der Waals surface area contributed by atoms with Crippen LogP contribution in [-0.4, -0.2) is 37.7 Å². The first-order chi connectivity index (χ1) is 14.5. The van der Waals surface area contributed by atoms with Crippen LogP contribution in [0.4, 0.5) is 0 Å². The van der Waals surface area contributed by atoms with Crippen LogP contribution < -0.4 is 4.74 Å². The smallest absolute Gasteiger partial charge is 0.119 e. The largest absolute Gasteiger partial charge is 0.492 e. The third-order valence-corrected chi connectivity index (χ3v) is 6.61. The van der Waals surface area contributed by atoms with Crippen molar-refractivity contribution in [2.75, 3.05) is 32.8 Å². The van der Waals surface area contributed by atoms with Gasteiger partial charge in [0.25, 0.3) is 0 Å². The average molecular weight is 430 g/mol. The van der Waals surface area contributed by atoms with Crippen molar-refractivity contribution in [1.82, 2.24) is 4.90 Å².